The van der Waals surface area contributed by atoms with E-state index >= 15 is 0 Å². The topological polar surface area (TPSA) is 38.0 Å². The minimum atomic E-state index is 0.735. The van der Waals surface area contributed by atoms with Gasteiger partial charge in [-0.2, -0.15) is 0 Å². The second-order valence-electron chi connectivity index (χ2n) is 4.64. The van der Waals surface area contributed by atoms with Gasteiger partial charge in [-0.3, -0.25) is 4.99 Å². The molecule has 4 nitrogen and oxygen atoms in total. The molecule has 110 valence electrons. The Kier molecular flexibility index (Phi) is 4.97. The highest BCUT2D eigenvalue weighted by atomic mass is 127. The molecule has 0 radical (unpaired) electrons. The van der Waals surface area contributed by atoms with Crippen LogP contribution < -0.4 is 4.90 Å². The van der Waals surface area contributed by atoms with Crippen LogP contribution in [-0.2, 0) is 4.74 Å². The van der Waals surface area contributed by atoms with E-state index in [1.165, 1.54) is 0 Å². The summed E-state index contributed by atoms with van der Waals surface area (Å²) in [6.07, 6.45) is 1.75. The minimum absolute atomic E-state index is 0.735. The number of furan rings is 1. The summed E-state index contributed by atoms with van der Waals surface area (Å²) in [4.78, 5) is 6.63. The van der Waals surface area contributed by atoms with Gasteiger partial charge in [0.05, 0.1) is 29.6 Å². The molecule has 1 saturated heterocycles. The van der Waals surface area contributed by atoms with E-state index in [-0.39, 0.29) is 0 Å². The molecular weight excluding hydrogens is 447 g/mol. The number of nitrogens with zero attached hydrogens (tertiary/aromatic N) is 2. The monoisotopic (exact) mass is 460 g/mol. The summed E-state index contributed by atoms with van der Waals surface area (Å²) < 4.78 is 13.4. The quantitative estimate of drug-likeness (QED) is 0.508. The molecule has 1 aliphatic rings. The van der Waals surface area contributed by atoms with Crippen molar-refractivity contribution in [3.63, 3.8) is 0 Å². The number of hydrogen-bond acceptors (Lipinski definition) is 4. The van der Waals surface area contributed by atoms with Crippen LogP contribution in [0.2, 0.25) is 0 Å². The summed E-state index contributed by atoms with van der Waals surface area (Å²) in [5.41, 5.74) is 0.919. The maximum Gasteiger partial charge on any atom is 0.210 e. The maximum atomic E-state index is 5.88. The second-order valence-corrected chi connectivity index (χ2v) is 6.74. The van der Waals surface area contributed by atoms with E-state index in [9.17, 15) is 0 Å². The highest BCUT2D eigenvalue weighted by Gasteiger charge is 2.18. The molecule has 21 heavy (non-hydrogen) atoms. The Morgan fingerprint density at radius 2 is 2.05 bits per heavy atom. The molecule has 0 spiro atoms. The molecule has 2 heterocycles. The van der Waals surface area contributed by atoms with Crippen LogP contribution in [0, 0.1) is 3.57 Å². The van der Waals surface area contributed by atoms with Crippen LogP contribution in [0.4, 0.5) is 11.6 Å². The molecule has 0 saturated carbocycles. The fourth-order valence-corrected chi connectivity index (χ4v) is 3.20. The van der Waals surface area contributed by atoms with E-state index in [2.05, 4.69) is 48.4 Å². The van der Waals surface area contributed by atoms with E-state index in [4.69, 9.17) is 9.15 Å². The van der Waals surface area contributed by atoms with Gasteiger partial charge in [0.2, 0.25) is 5.88 Å². The van der Waals surface area contributed by atoms with Crippen molar-refractivity contribution in [2.75, 3.05) is 31.2 Å². The molecule has 1 aliphatic heterocycles. The van der Waals surface area contributed by atoms with Gasteiger partial charge in [0, 0.05) is 22.7 Å². The fraction of sp³-hybridized carbons (Fsp3) is 0.267. The number of aliphatic imine (C=N–C) groups is 1. The molecule has 0 unspecified atom stereocenters. The standard InChI is InChI=1S/C15H14BrIN2O2/c16-14-9-13(10-18-12-3-1-2-11(17)8-12)21-15(14)19-4-6-20-7-5-19/h1-3,8-10H,4-7H2. The fourth-order valence-electron chi connectivity index (χ4n) is 2.12. The zero-order valence-corrected chi connectivity index (χ0v) is 15.0. The molecule has 0 bridgehead atoms. The number of rotatable bonds is 3. The zero-order valence-electron chi connectivity index (χ0n) is 11.3. The first kappa shape index (κ1) is 15.1. The Hall–Kier alpha value is -0.860. The molecule has 2 aromatic rings. The average molecular weight is 461 g/mol. The van der Waals surface area contributed by atoms with E-state index in [0.717, 1.165) is 51.7 Å². The lowest BCUT2D eigenvalue weighted by Gasteiger charge is -2.26. The maximum absolute atomic E-state index is 5.88. The molecule has 0 aliphatic carbocycles. The number of morpholine rings is 1. The number of anilines is 1. The van der Waals surface area contributed by atoms with Gasteiger partial charge in [0.25, 0.3) is 0 Å². The summed E-state index contributed by atoms with van der Waals surface area (Å²) in [6.45, 7) is 3.16. The lowest BCUT2D eigenvalue weighted by molar-refractivity contribution is 0.120. The zero-order chi connectivity index (χ0) is 14.7. The van der Waals surface area contributed by atoms with Crippen LogP contribution in [0.15, 0.2) is 44.2 Å². The molecule has 1 aromatic heterocycles. The Bertz CT molecular complexity index is 651. The highest BCUT2D eigenvalue weighted by Crippen LogP contribution is 2.30. The Morgan fingerprint density at radius 3 is 2.81 bits per heavy atom. The van der Waals surface area contributed by atoms with Gasteiger partial charge in [-0.25, -0.2) is 0 Å². The van der Waals surface area contributed by atoms with Gasteiger partial charge >= 0.3 is 0 Å². The first-order valence-corrected chi connectivity index (χ1v) is 8.51. The van der Waals surface area contributed by atoms with Crippen LogP contribution in [0.1, 0.15) is 5.76 Å². The number of hydrogen-bond donors (Lipinski definition) is 0. The van der Waals surface area contributed by atoms with Gasteiger partial charge in [-0.15, -0.1) is 0 Å². The smallest absolute Gasteiger partial charge is 0.210 e. The lowest BCUT2D eigenvalue weighted by atomic mass is 10.3. The van der Waals surface area contributed by atoms with Crippen molar-refractivity contribution in [1.82, 2.24) is 0 Å². The Labute approximate surface area is 145 Å². The van der Waals surface area contributed by atoms with Crippen LogP contribution in [0.5, 0.6) is 0 Å². The molecule has 0 amide bonds. The van der Waals surface area contributed by atoms with Gasteiger partial charge in [-0.1, -0.05) is 6.07 Å². The van der Waals surface area contributed by atoms with Gasteiger partial charge in [0.15, 0.2) is 0 Å². The molecule has 1 aromatic carbocycles. The molecule has 3 rings (SSSR count). The SMILES string of the molecule is Brc1cc(C=Nc2cccc(I)c2)oc1N1CCOCC1. The number of ether oxygens (including phenoxy) is 1. The molecule has 0 N–H and O–H groups in total. The van der Waals surface area contributed by atoms with Crippen molar-refractivity contribution in [2.45, 2.75) is 0 Å². The first-order chi connectivity index (χ1) is 10.2. The highest BCUT2D eigenvalue weighted by molar-refractivity contribution is 14.1. The summed E-state index contributed by atoms with van der Waals surface area (Å²) in [5.74, 6) is 1.59. The van der Waals surface area contributed by atoms with E-state index in [0.29, 0.717) is 0 Å². The minimum Gasteiger partial charge on any atom is -0.438 e. The summed E-state index contributed by atoms with van der Waals surface area (Å²) in [5, 5.41) is 0. The summed E-state index contributed by atoms with van der Waals surface area (Å²) in [7, 11) is 0. The first-order valence-electron chi connectivity index (χ1n) is 6.64. The van der Waals surface area contributed by atoms with Crippen molar-refractivity contribution in [3.05, 3.63) is 44.1 Å². The van der Waals surface area contributed by atoms with Crippen molar-refractivity contribution < 1.29 is 9.15 Å². The molecular formula is C15H14BrIN2O2. The van der Waals surface area contributed by atoms with Gasteiger partial charge in [0.1, 0.15) is 5.76 Å². The summed E-state index contributed by atoms with van der Waals surface area (Å²) >= 11 is 5.83. The Morgan fingerprint density at radius 1 is 1.24 bits per heavy atom. The van der Waals surface area contributed by atoms with E-state index < -0.39 is 0 Å². The van der Waals surface area contributed by atoms with Gasteiger partial charge < -0.3 is 14.1 Å². The second kappa shape index (κ2) is 6.93. The largest absolute Gasteiger partial charge is 0.438 e. The average Bonchev–Trinajstić information content (AvgIpc) is 2.87. The molecule has 1 fully saturated rings. The third-order valence-electron chi connectivity index (χ3n) is 3.14. The van der Waals surface area contributed by atoms with Crippen LogP contribution in [0.3, 0.4) is 0 Å². The van der Waals surface area contributed by atoms with E-state index in [1.807, 2.05) is 30.3 Å². The lowest BCUT2D eigenvalue weighted by Crippen LogP contribution is -2.36. The van der Waals surface area contributed by atoms with Crippen molar-refractivity contribution in [3.8, 4) is 0 Å². The predicted molar refractivity (Wildman–Crippen MR) is 95.9 cm³/mol. The van der Waals surface area contributed by atoms with Crippen molar-refractivity contribution in [2.24, 2.45) is 4.99 Å². The van der Waals surface area contributed by atoms with E-state index in [1.54, 1.807) is 6.21 Å². The number of halogens is 2. The third kappa shape index (κ3) is 3.87. The van der Waals surface area contributed by atoms with Crippen molar-refractivity contribution in [1.29, 1.82) is 0 Å². The predicted octanol–water partition coefficient (Wildman–Crippen LogP) is 4.23. The molecule has 0 atom stereocenters. The normalized spacial score (nSPS) is 15.8. The third-order valence-corrected chi connectivity index (χ3v) is 4.37. The molecule has 6 heteroatoms. The summed E-state index contributed by atoms with van der Waals surface area (Å²) in [6, 6.07) is 9.98. The van der Waals surface area contributed by atoms with Crippen LogP contribution >= 0.6 is 38.5 Å². The van der Waals surface area contributed by atoms with Crippen LogP contribution in [0.25, 0.3) is 0 Å². The Balaban J connectivity index is 1.77. The number of benzene rings is 1. The van der Waals surface area contributed by atoms with Crippen LogP contribution in [-0.4, -0.2) is 32.5 Å². The van der Waals surface area contributed by atoms with Gasteiger partial charge in [-0.05, 0) is 56.7 Å². The van der Waals surface area contributed by atoms with Crippen molar-refractivity contribution >= 4 is 56.3 Å².